The average Bonchev–Trinajstić information content (AvgIpc) is 2.82. The highest BCUT2D eigenvalue weighted by Gasteiger charge is 2.23. The number of rotatable bonds is 5. The van der Waals surface area contributed by atoms with Gasteiger partial charge in [0.2, 0.25) is 0 Å². The van der Waals surface area contributed by atoms with E-state index in [-0.39, 0.29) is 6.61 Å². The van der Waals surface area contributed by atoms with Crippen molar-refractivity contribution in [3.8, 4) is 0 Å². The topological polar surface area (TPSA) is 45.6 Å². The first-order valence-corrected chi connectivity index (χ1v) is 7.47. The van der Waals surface area contributed by atoms with Crippen molar-refractivity contribution < 1.29 is 9.84 Å². The van der Waals surface area contributed by atoms with Gasteiger partial charge in [0.25, 0.3) is 0 Å². The molecule has 0 bridgehead atoms. The van der Waals surface area contributed by atoms with E-state index in [2.05, 4.69) is 11.8 Å². The highest BCUT2D eigenvalue weighted by molar-refractivity contribution is 7.15. The van der Waals surface area contributed by atoms with Crippen LogP contribution in [-0.2, 0) is 17.8 Å². The van der Waals surface area contributed by atoms with E-state index in [1.165, 1.54) is 0 Å². The second-order valence-corrected chi connectivity index (χ2v) is 5.78. The number of methoxy groups -OCH3 is 1. The molecule has 0 saturated carbocycles. The van der Waals surface area contributed by atoms with Crippen LogP contribution in [0.3, 0.4) is 0 Å². The Hall–Kier alpha value is -0.650. The smallest absolute Gasteiger partial charge is 0.185 e. The van der Waals surface area contributed by atoms with E-state index in [1.807, 2.05) is 0 Å². The minimum Gasteiger partial charge on any atom is -0.391 e. The Bertz CT molecular complexity index is 381. The van der Waals surface area contributed by atoms with Gasteiger partial charge in [0.05, 0.1) is 23.3 Å². The lowest BCUT2D eigenvalue weighted by atomic mass is 10.1. The van der Waals surface area contributed by atoms with E-state index < -0.39 is 0 Å². The number of thiazole rings is 1. The molecule has 0 aromatic carbocycles. The summed E-state index contributed by atoms with van der Waals surface area (Å²) in [6.45, 7) is 4.21. The fourth-order valence-corrected chi connectivity index (χ4v) is 3.37. The first-order valence-electron chi connectivity index (χ1n) is 6.65. The Balaban J connectivity index is 2.12. The van der Waals surface area contributed by atoms with Crippen molar-refractivity contribution in [1.82, 2.24) is 4.98 Å². The van der Waals surface area contributed by atoms with Crippen LogP contribution >= 0.6 is 11.3 Å². The number of nitrogens with zero attached hydrogens (tertiary/aromatic N) is 2. The zero-order valence-electron chi connectivity index (χ0n) is 11.2. The first kappa shape index (κ1) is 13.8. The van der Waals surface area contributed by atoms with Gasteiger partial charge in [-0.05, 0) is 19.3 Å². The summed E-state index contributed by atoms with van der Waals surface area (Å²) >= 11 is 1.63. The average molecular weight is 270 g/mol. The number of hydrogen-bond acceptors (Lipinski definition) is 5. The number of aromatic nitrogens is 1. The van der Waals surface area contributed by atoms with Crippen molar-refractivity contribution in [2.45, 2.75) is 45.3 Å². The van der Waals surface area contributed by atoms with Gasteiger partial charge in [-0.25, -0.2) is 4.98 Å². The van der Waals surface area contributed by atoms with Crippen molar-refractivity contribution in [2.75, 3.05) is 25.1 Å². The van der Waals surface area contributed by atoms with Gasteiger partial charge >= 0.3 is 0 Å². The Kier molecular flexibility index (Phi) is 4.97. The molecule has 1 N–H and O–H groups in total. The molecule has 1 unspecified atom stereocenters. The lowest BCUT2D eigenvalue weighted by Crippen LogP contribution is -2.39. The number of aliphatic hydroxyl groups is 1. The monoisotopic (exact) mass is 270 g/mol. The molecule has 1 aliphatic heterocycles. The molecule has 0 radical (unpaired) electrons. The molecule has 1 aromatic rings. The molecule has 4 nitrogen and oxygen atoms in total. The van der Waals surface area contributed by atoms with Crippen molar-refractivity contribution in [3.05, 3.63) is 10.6 Å². The molecule has 2 rings (SSSR count). The summed E-state index contributed by atoms with van der Waals surface area (Å²) in [6, 6.07) is 0. The summed E-state index contributed by atoms with van der Waals surface area (Å²) < 4.78 is 5.44. The molecule has 18 heavy (non-hydrogen) atoms. The second kappa shape index (κ2) is 6.50. The van der Waals surface area contributed by atoms with Crippen LogP contribution in [0, 0.1) is 0 Å². The molecule has 102 valence electrons. The predicted molar refractivity (Wildman–Crippen MR) is 74.3 cm³/mol. The summed E-state index contributed by atoms with van der Waals surface area (Å²) in [5.41, 5.74) is 1.07. The molecular formula is C13H22N2O2S. The summed E-state index contributed by atoms with van der Waals surface area (Å²) in [4.78, 5) is 8.00. The van der Waals surface area contributed by atoms with Crippen LogP contribution in [-0.4, -0.2) is 36.4 Å². The molecule has 1 saturated heterocycles. The normalized spacial score (nSPS) is 20.4. The van der Waals surface area contributed by atoms with Crippen molar-refractivity contribution in [3.63, 3.8) is 0 Å². The van der Waals surface area contributed by atoms with Crippen LogP contribution in [0.4, 0.5) is 5.13 Å². The third-order valence-electron chi connectivity index (χ3n) is 3.38. The van der Waals surface area contributed by atoms with Crippen molar-refractivity contribution >= 4 is 16.5 Å². The molecule has 1 aliphatic rings. The van der Waals surface area contributed by atoms with Crippen LogP contribution < -0.4 is 4.90 Å². The number of aryl methyl sites for hydroxylation is 1. The van der Waals surface area contributed by atoms with E-state index in [0.717, 1.165) is 54.5 Å². The maximum absolute atomic E-state index is 9.38. The SMILES string of the molecule is CCCc1nc(N2CCCC(OC)C2)sc1CO. The number of hydrogen-bond donors (Lipinski definition) is 1. The zero-order valence-corrected chi connectivity index (χ0v) is 12.0. The van der Waals surface area contributed by atoms with E-state index in [4.69, 9.17) is 9.72 Å². The van der Waals surface area contributed by atoms with Crippen LogP contribution in [0.2, 0.25) is 0 Å². The van der Waals surface area contributed by atoms with E-state index in [1.54, 1.807) is 18.4 Å². The summed E-state index contributed by atoms with van der Waals surface area (Å²) in [6.07, 6.45) is 4.61. The maximum atomic E-state index is 9.38. The van der Waals surface area contributed by atoms with Gasteiger partial charge in [0.1, 0.15) is 0 Å². The quantitative estimate of drug-likeness (QED) is 0.891. The molecule has 2 heterocycles. The highest BCUT2D eigenvalue weighted by Crippen LogP contribution is 2.29. The van der Waals surface area contributed by atoms with Crippen LogP contribution in [0.5, 0.6) is 0 Å². The lowest BCUT2D eigenvalue weighted by Gasteiger charge is -2.31. The largest absolute Gasteiger partial charge is 0.391 e. The Morgan fingerprint density at radius 2 is 2.39 bits per heavy atom. The number of piperidine rings is 1. The van der Waals surface area contributed by atoms with Gasteiger partial charge in [-0.15, -0.1) is 0 Å². The standard InChI is InChI=1S/C13H22N2O2S/c1-3-5-11-12(9-16)18-13(14-11)15-7-4-6-10(8-15)17-2/h10,16H,3-9H2,1-2H3. The molecule has 1 fully saturated rings. The van der Waals surface area contributed by atoms with E-state index in [9.17, 15) is 5.11 Å². The fourth-order valence-electron chi connectivity index (χ4n) is 2.36. The minimum atomic E-state index is 0.106. The molecular weight excluding hydrogens is 248 g/mol. The molecule has 1 aromatic heterocycles. The maximum Gasteiger partial charge on any atom is 0.185 e. The molecule has 0 amide bonds. The number of anilines is 1. The predicted octanol–water partition coefficient (Wildman–Crippen LogP) is 2.20. The van der Waals surface area contributed by atoms with E-state index >= 15 is 0 Å². The fraction of sp³-hybridized carbons (Fsp3) is 0.769. The van der Waals surface area contributed by atoms with Gasteiger partial charge in [0, 0.05) is 20.2 Å². The Morgan fingerprint density at radius 1 is 1.56 bits per heavy atom. The molecule has 0 spiro atoms. The third kappa shape index (κ3) is 3.02. The van der Waals surface area contributed by atoms with Gasteiger partial charge < -0.3 is 14.7 Å². The summed E-state index contributed by atoms with van der Waals surface area (Å²) in [7, 11) is 1.78. The van der Waals surface area contributed by atoms with Crippen LogP contribution in [0.25, 0.3) is 0 Å². The molecule has 1 atom stereocenters. The Labute approximate surface area is 113 Å². The lowest BCUT2D eigenvalue weighted by molar-refractivity contribution is 0.0893. The van der Waals surface area contributed by atoms with Crippen LogP contribution in [0.15, 0.2) is 0 Å². The molecule has 0 aliphatic carbocycles. The van der Waals surface area contributed by atoms with E-state index in [0.29, 0.717) is 6.10 Å². The first-order chi connectivity index (χ1) is 8.78. The number of aliphatic hydroxyl groups excluding tert-OH is 1. The van der Waals surface area contributed by atoms with Gasteiger partial charge in [-0.1, -0.05) is 24.7 Å². The summed E-state index contributed by atoms with van der Waals surface area (Å²) in [5, 5.41) is 10.4. The second-order valence-electron chi connectivity index (χ2n) is 4.72. The summed E-state index contributed by atoms with van der Waals surface area (Å²) in [5.74, 6) is 0. The van der Waals surface area contributed by atoms with Gasteiger partial charge in [0.15, 0.2) is 5.13 Å². The zero-order chi connectivity index (χ0) is 13.0. The van der Waals surface area contributed by atoms with Gasteiger partial charge in [-0.3, -0.25) is 0 Å². The molecule has 5 heteroatoms. The minimum absolute atomic E-state index is 0.106. The van der Waals surface area contributed by atoms with Crippen molar-refractivity contribution in [2.24, 2.45) is 0 Å². The van der Waals surface area contributed by atoms with Gasteiger partial charge in [-0.2, -0.15) is 0 Å². The van der Waals surface area contributed by atoms with Crippen molar-refractivity contribution in [1.29, 1.82) is 0 Å². The number of ether oxygens (including phenoxy) is 1. The highest BCUT2D eigenvalue weighted by atomic mass is 32.1. The van der Waals surface area contributed by atoms with Crippen LogP contribution in [0.1, 0.15) is 36.8 Å². The third-order valence-corrected chi connectivity index (χ3v) is 4.52. The Morgan fingerprint density at radius 3 is 3.06 bits per heavy atom.